The number of amides is 1. The minimum absolute atomic E-state index is 0. The van der Waals surface area contributed by atoms with Gasteiger partial charge in [0.15, 0.2) is 15.0 Å². The molecular formula is C23H28ClN3O5S3. The molecule has 0 unspecified atom stereocenters. The van der Waals surface area contributed by atoms with E-state index in [-0.39, 0.29) is 29.0 Å². The number of thioether (sulfide) groups is 1. The maximum Gasteiger partial charge on any atom is 0.239 e. The van der Waals surface area contributed by atoms with Crippen LogP contribution in [0.5, 0.6) is 5.75 Å². The van der Waals surface area contributed by atoms with Gasteiger partial charge in [0.05, 0.1) is 41.2 Å². The van der Waals surface area contributed by atoms with Crippen LogP contribution in [0, 0.1) is 0 Å². The summed E-state index contributed by atoms with van der Waals surface area (Å²) in [7, 11) is -1.70. The van der Waals surface area contributed by atoms with E-state index in [2.05, 4.69) is 9.88 Å². The molecule has 190 valence electrons. The van der Waals surface area contributed by atoms with Crippen LogP contribution in [0.2, 0.25) is 0 Å². The molecule has 1 aliphatic rings. The molecule has 0 saturated carbocycles. The number of thiazole rings is 1. The van der Waals surface area contributed by atoms with E-state index in [1.165, 1.54) is 29.4 Å². The van der Waals surface area contributed by atoms with Gasteiger partial charge in [-0.3, -0.25) is 14.6 Å². The van der Waals surface area contributed by atoms with Gasteiger partial charge in [0, 0.05) is 37.3 Å². The van der Waals surface area contributed by atoms with Crippen LogP contribution in [0.1, 0.15) is 0 Å². The predicted octanol–water partition coefficient (Wildman–Crippen LogP) is 3.59. The maximum absolute atomic E-state index is 13.3. The van der Waals surface area contributed by atoms with Crippen LogP contribution in [-0.2, 0) is 19.4 Å². The number of halogens is 1. The van der Waals surface area contributed by atoms with E-state index < -0.39 is 9.84 Å². The molecule has 12 heteroatoms. The minimum atomic E-state index is -3.32. The number of ether oxygens (including phenoxy) is 2. The van der Waals surface area contributed by atoms with Crippen LogP contribution in [0.15, 0.2) is 52.3 Å². The van der Waals surface area contributed by atoms with Gasteiger partial charge in [-0.2, -0.15) is 0 Å². The first-order chi connectivity index (χ1) is 16.3. The molecule has 0 radical (unpaired) electrons. The molecule has 4 rings (SSSR count). The molecule has 1 aromatic heterocycles. The summed E-state index contributed by atoms with van der Waals surface area (Å²) < 4.78 is 35.3. The van der Waals surface area contributed by atoms with E-state index >= 15 is 0 Å². The fraction of sp³-hybridized carbons (Fsp3) is 0.391. The Morgan fingerprint density at radius 3 is 2.57 bits per heavy atom. The summed E-state index contributed by atoms with van der Waals surface area (Å²) in [6.07, 6.45) is 1.19. The second-order valence-corrected chi connectivity index (χ2v) is 11.9. The largest absolute Gasteiger partial charge is 0.497 e. The van der Waals surface area contributed by atoms with Crippen molar-refractivity contribution in [1.29, 1.82) is 0 Å². The fourth-order valence-corrected chi connectivity index (χ4v) is 6.07. The molecule has 2 heterocycles. The molecule has 0 atom stereocenters. The molecule has 1 saturated heterocycles. The van der Waals surface area contributed by atoms with Crippen molar-refractivity contribution in [3.63, 3.8) is 0 Å². The highest BCUT2D eigenvalue weighted by Gasteiger charge is 2.22. The number of carbonyl (C=O) groups is 1. The number of benzene rings is 2. The lowest BCUT2D eigenvalue weighted by Crippen LogP contribution is -2.43. The number of anilines is 1. The first-order valence-corrected chi connectivity index (χ1v) is 14.5. The summed E-state index contributed by atoms with van der Waals surface area (Å²) in [4.78, 5) is 23.2. The molecule has 2 aromatic carbocycles. The monoisotopic (exact) mass is 557 g/mol. The van der Waals surface area contributed by atoms with Crippen molar-refractivity contribution in [3.8, 4) is 5.75 Å². The number of hydrogen-bond donors (Lipinski definition) is 0. The molecule has 1 aliphatic heterocycles. The van der Waals surface area contributed by atoms with Gasteiger partial charge in [-0.1, -0.05) is 11.3 Å². The van der Waals surface area contributed by atoms with E-state index in [0.717, 1.165) is 28.4 Å². The minimum Gasteiger partial charge on any atom is -0.497 e. The lowest BCUT2D eigenvalue weighted by molar-refractivity contribution is -0.116. The number of fused-ring (bicyclic) bond motifs is 1. The van der Waals surface area contributed by atoms with Crippen molar-refractivity contribution in [3.05, 3.63) is 42.5 Å². The van der Waals surface area contributed by atoms with E-state index in [0.29, 0.717) is 37.0 Å². The first-order valence-electron chi connectivity index (χ1n) is 10.8. The Morgan fingerprint density at radius 1 is 1.20 bits per heavy atom. The third-order valence-electron chi connectivity index (χ3n) is 5.47. The molecule has 8 nitrogen and oxygen atoms in total. The van der Waals surface area contributed by atoms with Crippen LogP contribution in [0.4, 0.5) is 5.13 Å². The first kappa shape index (κ1) is 27.7. The zero-order valence-electron chi connectivity index (χ0n) is 19.5. The highest BCUT2D eigenvalue weighted by atomic mass is 35.5. The zero-order chi connectivity index (χ0) is 24.1. The van der Waals surface area contributed by atoms with Crippen molar-refractivity contribution in [2.75, 3.05) is 63.4 Å². The number of rotatable bonds is 9. The number of methoxy groups -OCH3 is 1. The second-order valence-electron chi connectivity index (χ2n) is 7.86. The summed E-state index contributed by atoms with van der Waals surface area (Å²) in [6, 6.07) is 12.5. The second kappa shape index (κ2) is 12.4. The van der Waals surface area contributed by atoms with Crippen molar-refractivity contribution in [1.82, 2.24) is 9.88 Å². The average molecular weight is 558 g/mol. The maximum atomic E-state index is 13.3. The highest BCUT2D eigenvalue weighted by Crippen LogP contribution is 2.31. The Hall–Kier alpha value is -1.89. The highest BCUT2D eigenvalue weighted by molar-refractivity contribution is 8.00. The van der Waals surface area contributed by atoms with Crippen LogP contribution in [0.3, 0.4) is 0 Å². The van der Waals surface area contributed by atoms with Gasteiger partial charge in [-0.05, 0) is 42.5 Å². The molecule has 3 aromatic rings. The number of aromatic nitrogens is 1. The lowest BCUT2D eigenvalue weighted by atomic mass is 10.3. The van der Waals surface area contributed by atoms with Gasteiger partial charge in [0.2, 0.25) is 5.91 Å². The van der Waals surface area contributed by atoms with E-state index in [1.807, 2.05) is 24.3 Å². The summed E-state index contributed by atoms with van der Waals surface area (Å²) in [5.41, 5.74) is 0.680. The quantitative estimate of drug-likeness (QED) is 0.369. The molecule has 1 amide bonds. The van der Waals surface area contributed by atoms with Crippen molar-refractivity contribution in [2.45, 2.75) is 9.79 Å². The third-order valence-corrected chi connectivity index (χ3v) is 8.62. The Bertz CT molecular complexity index is 1250. The van der Waals surface area contributed by atoms with E-state index in [9.17, 15) is 13.2 Å². The summed E-state index contributed by atoms with van der Waals surface area (Å²) >= 11 is 2.80. The topological polar surface area (TPSA) is 89.0 Å². The number of hydrogen-bond acceptors (Lipinski definition) is 9. The molecule has 35 heavy (non-hydrogen) atoms. The number of morpholine rings is 1. The van der Waals surface area contributed by atoms with Crippen molar-refractivity contribution >= 4 is 66.6 Å². The van der Waals surface area contributed by atoms with Gasteiger partial charge >= 0.3 is 0 Å². The smallest absolute Gasteiger partial charge is 0.239 e. The summed E-state index contributed by atoms with van der Waals surface area (Å²) in [6.45, 7) is 4.27. The summed E-state index contributed by atoms with van der Waals surface area (Å²) in [5.74, 6) is 0.988. The predicted molar refractivity (Wildman–Crippen MR) is 143 cm³/mol. The lowest BCUT2D eigenvalue weighted by Gasteiger charge is -2.29. The van der Waals surface area contributed by atoms with Crippen LogP contribution in [0.25, 0.3) is 10.2 Å². The Labute approximate surface area is 219 Å². The third kappa shape index (κ3) is 7.31. The van der Waals surface area contributed by atoms with Gasteiger partial charge < -0.3 is 9.47 Å². The molecule has 0 N–H and O–H groups in total. The van der Waals surface area contributed by atoms with E-state index in [4.69, 9.17) is 9.47 Å². The summed E-state index contributed by atoms with van der Waals surface area (Å²) in [5, 5.41) is 0.578. The van der Waals surface area contributed by atoms with Gasteiger partial charge in [0.25, 0.3) is 0 Å². The van der Waals surface area contributed by atoms with Crippen LogP contribution in [-0.4, -0.2) is 82.7 Å². The molecule has 0 spiro atoms. The molecule has 0 aliphatic carbocycles. The van der Waals surface area contributed by atoms with Gasteiger partial charge in [0.1, 0.15) is 5.75 Å². The van der Waals surface area contributed by atoms with Crippen LogP contribution >= 0.6 is 35.5 Å². The number of carbonyl (C=O) groups excluding carboxylic acids is 1. The Balaban J connectivity index is 0.00000342. The van der Waals surface area contributed by atoms with Gasteiger partial charge in [-0.25, -0.2) is 13.4 Å². The van der Waals surface area contributed by atoms with Crippen molar-refractivity contribution in [2.24, 2.45) is 0 Å². The molecule has 1 fully saturated rings. The Kier molecular flexibility index (Phi) is 9.79. The van der Waals surface area contributed by atoms with Gasteiger partial charge in [-0.15, -0.1) is 24.2 Å². The number of sulfone groups is 1. The van der Waals surface area contributed by atoms with Crippen molar-refractivity contribution < 1.29 is 22.7 Å². The normalized spacial score (nSPS) is 14.5. The Morgan fingerprint density at radius 2 is 1.91 bits per heavy atom. The SMILES string of the molecule is COc1ccc(SCC(=O)N(CCN2CCOCC2)c2nc3ccc(S(C)(=O)=O)cc3s2)cc1.Cl. The molecular weight excluding hydrogens is 530 g/mol. The fourth-order valence-electron chi connectivity index (χ4n) is 3.53. The van der Waals surface area contributed by atoms with Crippen LogP contribution < -0.4 is 9.64 Å². The molecule has 0 bridgehead atoms. The zero-order valence-corrected chi connectivity index (χ0v) is 22.8. The van der Waals surface area contributed by atoms with E-state index in [1.54, 1.807) is 30.2 Å². The number of nitrogens with zero attached hydrogens (tertiary/aromatic N) is 3. The standard InChI is InChI=1S/C23H27N3O5S3.ClH/c1-30-17-3-5-18(6-4-17)32-16-22(27)26(10-9-25-11-13-31-14-12-25)23-24-20-8-7-19(34(2,28)29)15-21(20)33-23;/h3-8,15H,9-14,16H2,1-2H3;1H. The average Bonchev–Trinajstić information content (AvgIpc) is 3.26.